The molecule has 0 N–H and O–H groups in total. The average molecular weight is 748 g/mol. The van der Waals surface area contributed by atoms with Gasteiger partial charge in [-0.3, -0.25) is 19.4 Å². The Morgan fingerprint density at radius 3 is 2.00 bits per heavy atom. The lowest BCUT2D eigenvalue weighted by atomic mass is 9.75. The molecule has 0 aromatic heterocycles. The van der Waals surface area contributed by atoms with E-state index in [2.05, 4.69) is 39.9 Å². The third-order valence-corrected chi connectivity index (χ3v) is 11.1. The van der Waals surface area contributed by atoms with Crippen LogP contribution in [0.5, 0.6) is 5.75 Å². The van der Waals surface area contributed by atoms with E-state index in [0.717, 1.165) is 57.3 Å². The minimum absolute atomic E-state index is 0.0280. The number of hydrogen-bond acceptors (Lipinski definition) is 6. The molecule has 0 spiro atoms. The summed E-state index contributed by atoms with van der Waals surface area (Å²) < 4.78 is 13.4. The molecule has 50 heavy (non-hydrogen) atoms. The molecule has 3 unspecified atom stereocenters. The van der Waals surface area contributed by atoms with Crippen molar-refractivity contribution in [3.63, 3.8) is 0 Å². The third-order valence-electron chi connectivity index (χ3n) is 9.61. The third kappa shape index (κ3) is 7.03. The highest BCUT2D eigenvalue weighted by molar-refractivity contribution is 9.10. The Bertz CT molecular complexity index is 1810. The molecule has 2 fully saturated rings. The lowest BCUT2D eigenvalue weighted by Gasteiger charge is -2.42. The first-order chi connectivity index (χ1) is 24.4. The van der Waals surface area contributed by atoms with Crippen molar-refractivity contribution in [3.8, 4) is 5.75 Å². The highest BCUT2D eigenvalue weighted by Crippen LogP contribution is 2.48. The van der Waals surface area contributed by atoms with Crippen molar-refractivity contribution in [1.29, 1.82) is 0 Å². The van der Waals surface area contributed by atoms with Gasteiger partial charge in [0.05, 0.1) is 18.0 Å². The summed E-state index contributed by atoms with van der Waals surface area (Å²) in [6.45, 7) is 5.08. The van der Waals surface area contributed by atoms with Gasteiger partial charge in [-0.25, -0.2) is 0 Å². The summed E-state index contributed by atoms with van der Waals surface area (Å²) >= 11 is 4.68. The SMILES string of the molecule is CC(COc1ccc(CC2SC(=O)N(C(c3ccccc3)(c3ccccc3)c3ccccc3)C2=O)cc1)N1CCOC(c2cccc(Br)c2)C1. The van der Waals surface area contributed by atoms with Crippen LogP contribution < -0.4 is 4.74 Å². The van der Waals surface area contributed by atoms with Crippen LogP contribution in [0, 0.1) is 0 Å². The van der Waals surface area contributed by atoms with Crippen LogP contribution in [-0.4, -0.2) is 58.5 Å². The molecule has 8 heteroatoms. The van der Waals surface area contributed by atoms with Gasteiger partial charge in [-0.2, -0.15) is 0 Å². The van der Waals surface area contributed by atoms with Gasteiger partial charge >= 0.3 is 0 Å². The molecule has 254 valence electrons. The molecule has 7 rings (SSSR count). The largest absolute Gasteiger partial charge is 0.492 e. The predicted octanol–water partition coefficient (Wildman–Crippen LogP) is 8.89. The summed E-state index contributed by atoms with van der Waals surface area (Å²) in [5, 5.41) is -0.806. The highest BCUT2D eigenvalue weighted by Gasteiger charge is 2.54. The van der Waals surface area contributed by atoms with Crippen molar-refractivity contribution in [3.05, 3.63) is 172 Å². The maximum atomic E-state index is 14.5. The molecule has 3 atom stereocenters. The Morgan fingerprint density at radius 2 is 1.42 bits per heavy atom. The van der Waals surface area contributed by atoms with Crippen molar-refractivity contribution in [2.45, 2.75) is 36.3 Å². The fourth-order valence-corrected chi connectivity index (χ4v) is 8.53. The second kappa shape index (κ2) is 15.4. The Balaban J connectivity index is 1.05. The standard InChI is InChI=1S/C42H39BrN2O4S/c1-30(44-24-25-48-38(28-44)32-12-11-19-36(43)27-32)29-49-37-22-20-31(21-23-37)26-39-40(46)45(41(47)50-39)42(33-13-5-2-6-14-33,34-15-7-3-8-16-34)35-17-9-4-10-18-35/h2-23,27,30,38-39H,24-26,28-29H2,1H3. The van der Waals surface area contributed by atoms with E-state index in [-0.39, 0.29) is 23.3 Å². The van der Waals surface area contributed by atoms with Crippen LogP contribution >= 0.6 is 27.7 Å². The molecule has 0 radical (unpaired) electrons. The number of nitrogens with zero attached hydrogens (tertiary/aromatic N) is 2. The number of hydrogen-bond donors (Lipinski definition) is 0. The molecular weight excluding hydrogens is 708 g/mol. The van der Waals surface area contributed by atoms with E-state index in [0.29, 0.717) is 19.6 Å². The van der Waals surface area contributed by atoms with Crippen molar-refractivity contribution in [1.82, 2.24) is 9.80 Å². The van der Waals surface area contributed by atoms with Crippen LogP contribution in [0.25, 0.3) is 0 Å². The second-order valence-corrected chi connectivity index (χ2v) is 14.8. The number of halogens is 1. The van der Waals surface area contributed by atoms with Gasteiger partial charge in [0.25, 0.3) is 5.24 Å². The lowest BCUT2D eigenvalue weighted by molar-refractivity contribution is -0.129. The summed E-state index contributed by atoms with van der Waals surface area (Å²) in [5.41, 5.74) is 3.60. The van der Waals surface area contributed by atoms with E-state index in [9.17, 15) is 9.59 Å². The van der Waals surface area contributed by atoms with Crippen molar-refractivity contribution in [2.24, 2.45) is 0 Å². The number of rotatable bonds is 11. The summed E-state index contributed by atoms with van der Waals surface area (Å²) in [7, 11) is 0. The number of morpholine rings is 1. The van der Waals surface area contributed by atoms with Crippen molar-refractivity contribution < 1.29 is 19.1 Å². The summed E-state index contributed by atoms with van der Waals surface area (Å²) in [4.78, 5) is 32.4. The number of imide groups is 1. The fraction of sp³-hybridized carbons (Fsp3) is 0.238. The first-order valence-electron chi connectivity index (χ1n) is 17.0. The van der Waals surface area contributed by atoms with Gasteiger partial charge < -0.3 is 9.47 Å². The molecular formula is C42H39BrN2O4S. The summed E-state index contributed by atoms with van der Waals surface area (Å²) in [6, 6.07) is 46.0. The van der Waals surface area contributed by atoms with Gasteiger partial charge in [-0.1, -0.05) is 143 Å². The van der Waals surface area contributed by atoms with E-state index in [4.69, 9.17) is 9.47 Å². The van der Waals surface area contributed by atoms with Crippen LogP contribution in [0.15, 0.2) is 144 Å². The van der Waals surface area contributed by atoms with Gasteiger partial charge in [-0.05, 0) is 65.4 Å². The minimum atomic E-state index is -1.12. The molecule has 5 aromatic carbocycles. The molecule has 5 aromatic rings. The maximum Gasteiger partial charge on any atom is 0.290 e. The van der Waals surface area contributed by atoms with Crippen molar-refractivity contribution >= 4 is 38.8 Å². The van der Waals surface area contributed by atoms with Gasteiger partial charge in [0, 0.05) is 23.6 Å². The van der Waals surface area contributed by atoms with Crippen LogP contribution in [0.4, 0.5) is 4.79 Å². The molecule has 2 amide bonds. The normalized spacial score (nSPS) is 19.0. The van der Waals surface area contributed by atoms with Crippen molar-refractivity contribution in [2.75, 3.05) is 26.3 Å². The Kier molecular flexibility index (Phi) is 10.5. The highest BCUT2D eigenvalue weighted by atomic mass is 79.9. The van der Waals surface area contributed by atoms with Crippen LogP contribution in [0.3, 0.4) is 0 Å². The molecule has 0 bridgehead atoms. The Morgan fingerprint density at radius 1 is 0.820 bits per heavy atom. The number of benzene rings is 5. The molecule has 6 nitrogen and oxygen atoms in total. The number of amides is 2. The van der Waals surface area contributed by atoms with Gasteiger partial charge in [0.2, 0.25) is 5.91 Å². The molecule has 0 aliphatic carbocycles. The number of carbonyl (C=O) groups is 2. The Labute approximate surface area is 306 Å². The summed E-state index contributed by atoms with van der Waals surface area (Å²) in [5.74, 6) is 0.578. The maximum absolute atomic E-state index is 14.5. The van der Waals surface area contributed by atoms with Crippen LogP contribution in [0.2, 0.25) is 0 Å². The first-order valence-corrected chi connectivity index (χ1v) is 18.6. The van der Waals surface area contributed by atoms with E-state index in [1.165, 1.54) is 10.5 Å². The zero-order valence-corrected chi connectivity index (χ0v) is 30.3. The predicted molar refractivity (Wildman–Crippen MR) is 202 cm³/mol. The number of ether oxygens (including phenoxy) is 2. The first kappa shape index (κ1) is 34.2. The minimum Gasteiger partial charge on any atom is -0.492 e. The van der Waals surface area contributed by atoms with Crippen LogP contribution in [-0.2, 0) is 21.5 Å². The zero-order valence-electron chi connectivity index (χ0n) is 27.9. The van der Waals surface area contributed by atoms with Gasteiger partial charge in [0.1, 0.15) is 17.9 Å². The molecule has 2 saturated heterocycles. The number of carbonyl (C=O) groups excluding carboxylic acids is 2. The van der Waals surface area contributed by atoms with Gasteiger partial charge in [0.15, 0.2) is 0 Å². The van der Waals surface area contributed by atoms with Gasteiger partial charge in [-0.15, -0.1) is 0 Å². The lowest BCUT2D eigenvalue weighted by Crippen LogP contribution is -2.51. The number of thioether (sulfide) groups is 1. The fourth-order valence-electron chi connectivity index (χ4n) is 7.05. The molecule has 2 aliphatic rings. The topological polar surface area (TPSA) is 59.1 Å². The smallest absolute Gasteiger partial charge is 0.290 e. The van der Waals surface area contributed by atoms with E-state index >= 15 is 0 Å². The molecule has 2 aliphatic heterocycles. The monoisotopic (exact) mass is 746 g/mol. The zero-order chi connectivity index (χ0) is 34.5. The van der Waals surface area contributed by atoms with E-state index < -0.39 is 10.8 Å². The average Bonchev–Trinajstić information content (AvgIpc) is 3.44. The summed E-state index contributed by atoms with van der Waals surface area (Å²) in [6.07, 6.45) is 0.460. The quantitative estimate of drug-likeness (QED) is 0.126. The van der Waals surface area contributed by atoms with E-state index in [1.807, 2.05) is 127 Å². The van der Waals surface area contributed by atoms with Crippen LogP contribution in [0.1, 0.15) is 40.8 Å². The second-order valence-electron chi connectivity index (χ2n) is 12.8. The molecule has 0 saturated carbocycles. The Hall–Kier alpha value is -4.21. The molecule has 2 heterocycles. The van der Waals surface area contributed by atoms with E-state index in [1.54, 1.807) is 0 Å².